The van der Waals surface area contributed by atoms with Gasteiger partial charge >= 0.3 is 0 Å². The summed E-state index contributed by atoms with van der Waals surface area (Å²) in [5.41, 5.74) is 3.73. The van der Waals surface area contributed by atoms with Crippen molar-refractivity contribution in [2.24, 2.45) is 0 Å². The maximum atomic E-state index is 6.14. The number of nitrogens with one attached hydrogen (secondary N) is 2. The first-order valence-electron chi connectivity index (χ1n) is 12.9. The van der Waals surface area contributed by atoms with Crippen LogP contribution in [0, 0.1) is 0 Å². The average molecular weight is 617 g/mol. The van der Waals surface area contributed by atoms with E-state index in [1.54, 1.807) is 7.11 Å². The highest BCUT2D eigenvalue weighted by Crippen LogP contribution is 2.22. The van der Waals surface area contributed by atoms with E-state index < -0.39 is 0 Å². The molecule has 0 radical (unpaired) electrons. The molecule has 39 heavy (non-hydrogen) atoms. The lowest BCUT2D eigenvalue weighted by molar-refractivity contribution is 0.0999. The summed E-state index contributed by atoms with van der Waals surface area (Å²) < 4.78 is 11.8. The highest BCUT2D eigenvalue weighted by Gasteiger charge is 2.23. The van der Waals surface area contributed by atoms with Crippen LogP contribution in [0.15, 0.2) is 78.9 Å². The van der Waals surface area contributed by atoms with Gasteiger partial charge in [-0.25, -0.2) is 0 Å². The lowest BCUT2D eigenvalue weighted by Gasteiger charge is -2.36. The van der Waals surface area contributed by atoms with E-state index >= 15 is 0 Å². The Balaban J connectivity index is 0.00000253. The fraction of sp³-hybridized carbons (Fsp3) is 0.400. The average Bonchev–Trinajstić information content (AvgIpc) is 2.91. The fourth-order valence-electron chi connectivity index (χ4n) is 4.80. The molecule has 3 atom stereocenters. The summed E-state index contributed by atoms with van der Waals surface area (Å²) in [4.78, 5) is 2.52. The van der Waals surface area contributed by atoms with Gasteiger partial charge in [0.2, 0.25) is 0 Å². The predicted octanol–water partition coefficient (Wildman–Crippen LogP) is 6.54. The van der Waals surface area contributed by atoms with Gasteiger partial charge < -0.3 is 20.1 Å². The van der Waals surface area contributed by atoms with E-state index in [0.717, 1.165) is 55.5 Å². The number of nitrogens with zero attached hydrogens (tertiary/aromatic N) is 1. The van der Waals surface area contributed by atoms with Crippen molar-refractivity contribution in [1.82, 2.24) is 15.5 Å². The van der Waals surface area contributed by atoms with E-state index in [0.29, 0.717) is 18.7 Å². The molecule has 3 aromatic carbocycles. The van der Waals surface area contributed by atoms with Gasteiger partial charge in [0.25, 0.3) is 0 Å². The molecule has 0 saturated carbocycles. The Kier molecular flexibility index (Phi) is 17.1. The van der Waals surface area contributed by atoms with Gasteiger partial charge in [0.15, 0.2) is 0 Å². The molecule has 1 aliphatic rings. The Labute approximate surface area is 257 Å². The molecule has 5 nitrogen and oxygen atoms in total. The van der Waals surface area contributed by atoms with E-state index in [1.165, 1.54) is 11.1 Å². The monoisotopic (exact) mass is 615 g/mol. The summed E-state index contributed by atoms with van der Waals surface area (Å²) in [6.45, 7) is 7.57. The fourth-order valence-corrected chi connectivity index (χ4v) is 5.00. The van der Waals surface area contributed by atoms with Crippen molar-refractivity contribution in [3.05, 3.63) is 101 Å². The Morgan fingerprint density at radius 3 is 2.44 bits per heavy atom. The molecule has 1 aliphatic heterocycles. The van der Waals surface area contributed by atoms with Crippen molar-refractivity contribution < 1.29 is 9.47 Å². The highest BCUT2D eigenvalue weighted by atomic mass is 35.5. The molecule has 1 saturated heterocycles. The molecule has 0 aromatic heterocycles. The van der Waals surface area contributed by atoms with Crippen molar-refractivity contribution in [3.63, 3.8) is 0 Å². The Bertz CT molecular complexity index is 1060. The van der Waals surface area contributed by atoms with Crippen LogP contribution in [-0.4, -0.2) is 57.4 Å². The molecule has 1 fully saturated rings. The first-order chi connectivity index (χ1) is 17.6. The summed E-state index contributed by atoms with van der Waals surface area (Å²) in [7, 11) is 1.74. The van der Waals surface area contributed by atoms with E-state index in [9.17, 15) is 0 Å². The Hall–Kier alpha value is -1.54. The van der Waals surface area contributed by atoms with Gasteiger partial charge in [-0.1, -0.05) is 66.2 Å². The van der Waals surface area contributed by atoms with Gasteiger partial charge in [-0.3, -0.25) is 4.90 Å². The molecule has 3 unspecified atom stereocenters. The van der Waals surface area contributed by atoms with Crippen LogP contribution in [0.25, 0.3) is 0 Å². The van der Waals surface area contributed by atoms with Crippen molar-refractivity contribution in [1.29, 1.82) is 0 Å². The van der Waals surface area contributed by atoms with Crippen molar-refractivity contribution in [3.8, 4) is 5.75 Å². The molecule has 0 aliphatic carbocycles. The molecule has 1 heterocycles. The molecule has 0 bridgehead atoms. The van der Waals surface area contributed by atoms with Crippen LogP contribution in [0.3, 0.4) is 0 Å². The van der Waals surface area contributed by atoms with Gasteiger partial charge in [0.05, 0.1) is 6.10 Å². The lowest BCUT2D eigenvalue weighted by atomic mass is 10.0. The SMILES string of the molecule is COC(CNC(C)Cc1ccc(OCCN2CCNCC2c2ccccc2)cc1)c1cccc(Cl)c1.Cl.Cl.Cl. The van der Waals surface area contributed by atoms with Crippen molar-refractivity contribution in [2.75, 3.05) is 46.4 Å². The minimum atomic E-state index is -0.0286. The zero-order chi connectivity index (χ0) is 25.2. The van der Waals surface area contributed by atoms with Crippen molar-refractivity contribution >= 4 is 48.8 Å². The molecule has 0 amide bonds. The minimum Gasteiger partial charge on any atom is -0.492 e. The summed E-state index contributed by atoms with van der Waals surface area (Å²) in [6.07, 6.45) is 0.908. The number of rotatable bonds is 12. The molecule has 216 valence electrons. The number of hydrogen-bond acceptors (Lipinski definition) is 5. The largest absolute Gasteiger partial charge is 0.492 e. The second-order valence-corrected chi connectivity index (χ2v) is 9.89. The maximum Gasteiger partial charge on any atom is 0.119 e. The van der Waals surface area contributed by atoms with Crippen LogP contribution in [-0.2, 0) is 11.2 Å². The van der Waals surface area contributed by atoms with Crippen LogP contribution < -0.4 is 15.4 Å². The van der Waals surface area contributed by atoms with Gasteiger partial charge in [0.1, 0.15) is 12.4 Å². The zero-order valence-electron chi connectivity index (χ0n) is 22.6. The summed E-state index contributed by atoms with van der Waals surface area (Å²) in [6, 6.07) is 27.8. The summed E-state index contributed by atoms with van der Waals surface area (Å²) in [5.74, 6) is 0.922. The second-order valence-electron chi connectivity index (χ2n) is 9.45. The van der Waals surface area contributed by atoms with Gasteiger partial charge in [-0.15, -0.1) is 37.2 Å². The Morgan fingerprint density at radius 2 is 1.74 bits per heavy atom. The standard InChI is InChI=1S/C30H38ClN3O2.3ClH/c1-23(33-22-30(35-2)26-9-6-10-27(31)20-26)19-24-11-13-28(14-12-24)36-18-17-34-16-15-32-21-29(34)25-7-4-3-5-8-25;;;/h3-14,20,23,29-30,32-33H,15-19,21-22H2,1-2H3;3*1H. The van der Waals surface area contributed by atoms with Crippen LogP contribution in [0.1, 0.15) is 35.8 Å². The quantitative estimate of drug-likeness (QED) is 0.242. The van der Waals surface area contributed by atoms with Crippen molar-refractivity contribution in [2.45, 2.75) is 31.5 Å². The van der Waals surface area contributed by atoms with Crippen LogP contribution in [0.2, 0.25) is 5.02 Å². The summed E-state index contributed by atoms with van der Waals surface area (Å²) >= 11 is 6.14. The van der Waals surface area contributed by atoms with Gasteiger partial charge in [-0.05, 0) is 54.3 Å². The summed E-state index contributed by atoms with van der Waals surface area (Å²) in [5, 5.41) is 7.85. The molecular weight excluding hydrogens is 576 g/mol. The predicted molar refractivity (Wildman–Crippen MR) is 170 cm³/mol. The second kappa shape index (κ2) is 18.7. The number of piperazine rings is 1. The van der Waals surface area contributed by atoms with E-state index in [-0.39, 0.29) is 43.3 Å². The molecule has 0 spiro atoms. The lowest BCUT2D eigenvalue weighted by Crippen LogP contribution is -2.47. The van der Waals surface area contributed by atoms with Crippen LogP contribution >= 0.6 is 48.8 Å². The zero-order valence-corrected chi connectivity index (χ0v) is 25.8. The number of methoxy groups -OCH3 is 1. The highest BCUT2D eigenvalue weighted by molar-refractivity contribution is 6.30. The third kappa shape index (κ3) is 11.1. The Morgan fingerprint density at radius 1 is 1.00 bits per heavy atom. The first kappa shape index (κ1) is 35.5. The molecular formula is C30H41Cl4N3O2. The minimum absolute atomic E-state index is 0. The molecule has 2 N–H and O–H groups in total. The van der Waals surface area contributed by atoms with Crippen LogP contribution in [0.4, 0.5) is 0 Å². The van der Waals surface area contributed by atoms with E-state index in [2.05, 4.69) is 83.1 Å². The molecule has 4 rings (SSSR count). The van der Waals surface area contributed by atoms with Gasteiger partial charge in [-0.2, -0.15) is 0 Å². The van der Waals surface area contributed by atoms with E-state index in [1.807, 2.05) is 18.2 Å². The van der Waals surface area contributed by atoms with Gasteiger partial charge in [0, 0.05) is 56.9 Å². The number of benzene rings is 3. The topological polar surface area (TPSA) is 45.8 Å². The maximum absolute atomic E-state index is 6.14. The number of hydrogen-bond donors (Lipinski definition) is 2. The van der Waals surface area contributed by atoms with Crippen LogP contribution in [0.5, 0.6) is 5.75 Å². The third-order valence-corrected chi connectivity index (χ3v) is 7.04. The smallest absolute Gasteiger partial charge is 0.119 e. The molecule has 3 aromatic rings. The normalized spacial score (nSPS) is 16.6. The third-order valence-electron chi connectivity index (χ3n) is 6.81. The molecule has 9 heteroatoms. The number of halogens is 4. The first-order valence-corrected chi connectivity index (χ1v) is 13.2. The number of ether oxygens (including phenoxy) is 2. The van der Waals surface area contributed by atoms with E-state index in [4.69, 9.17) is 21.1 Å².